The quantitative estimate of drug-likeness (QED) is 0.348. The van der Waals surface area contributed by atoms with E-state index >= 15 is 0 Å². The third kappa shape index (κ3) is 5.74. The minimum absolute atomic E-state index is 0.781. The number of hydrogen-bond donors (Lipinski definition) is 0. The molecule has 1 aromatic carbocycles. The van der Waals surface area contributed by atoms with Crippen LogP contribution in [0.4, 0.5) is 0 Å². The van der Waals surface area contributed by atoms with E-state index in [0.717, 1.165) is 35.1 Å². The average Bonchev–Trinajstić information content (AvgIpc) is 2.98. The number of unbranched alkanes of at least 4 members (excludes halogenated alkanes) is 7. The van der Waals surface area contributed by atoms with Crippen LogP contribution < -0.4 is 4.74 Å². The molecule has 0 saturated carbocycles. The van der Waals surface area contributed by atoms with Crippen LogP contribution in [0.25, 0.3) is 11.0 Å². The van der Waals surface area contributed by atoms with Crippen LogP contribution in [-0.2, 0) is 0 Å². The number of para-hydroxylation sites is 1. The Morgan fingerprint density at radius 2 is 1.57 bits per heavy atom. The highest BCUT2D eigenvalue weighted by atomic mass is 79.9. The van der Waals surface area contributed by atoms with Gasteiger partial charge in [-0.2, -0.15) is 0 Å². The molecule has 2 nitrogen and oxygen atoms in total. The summed E-state index contributed by atoms with van der Waals surface area (Å²) in [6.45, 7) is 0.781. The fourth-order valence-electron chi connectivity index (χ4n) is 2.52. The van der Waals surface area contributed by atoms with Gasteiger partial charge in [-0.25, -0.2) is 0 Å². The van der Waals surface area contributed by atoms with Crippen molar-refractivity contribution in [1.29, 1.82) is 0 Å². The predicted octanol–water partition coefficient (Wildman–Crippen LogP) is 6.33. The molecule has 3 heteroatoms. The fourth-order valence-corrected chi connectivity index (χ4v) is 2.92. The molecule has 2 rings (SSSR count). The molecule has 0 spiro atoms. The van der Waals surface area contributed by atoms with Crippen LogP contribution in [0, 0.1) is 0 Å². The highest BCUT2D eigenvalue weighted by molar-refractivity contribution is 9.09. The van der Waals surface area contributed by atoms with Crippen LogP contribution >= 0.6 is 15.9 Å². The van der Waals surface area contributed by atoms with Gasteiger partial charge in [0.2, 0.25) is 0 Å². The minimum Gasteiger partial charge on any atom is -0.490 e. The van der Waals surface area contributed by atoms with Crippen LogP contribution in [0.15, 0.2) is 34.9 Å². The van der Waals surface area contributed by atoms with Gasteiger partial charge in [0.25, 0.3) is 0 Å². The smallest absolute Gasteiger partial charge is 0.175 e. The van der Waals surface area contributed by atoms with E-state index in [1.54, 1.807) is 6.26 Å². The van der Waals surface area contributed by atoms with Crippen molar-refractivity contribution < 1.29 is 9.15 Å². The Kier molecular flexibility index (Phi) is 7.72. The van der Waals surface area contributed by atoms with Crippen molar-refractivity contribution in [2.45, 2.75) is 51.4 Å². The van der Waals surface area contributed by atoms with Crippen molar-refractivity contribution in [3.63, 3.8) is 0 Å². The molecule has 21 heavy (non-hydrogen) atoms. The second-order valence-corrected chi connectivity index (χ2v) is 6.25. The van der Waals surface area contributed by atoms with Gasteiger partial charge in [-0.05, 0) is 25.0 Å². The van der Waals surface area contributed by atoms with Crippen molar-refractivity contribution in [3.8, 4) is 5.75 Å². The Balaban J connectivity index is 1.53. The summed E-state index contributed by atoms with van der Waals surface area (Å²) in [7, 11) is 0. The third-order valence-corrected chi connectivity index (χ3v) is 4.29. The van der Waals surface area contributed by atoms with Crippen LogP contribution in [0.3, 0.4) is 0 Å². The summed E-state index contributed by atoms with van der Waals surface area (Å²) in [6.07, 6.45) is 12.2. The lowest BCUT2D eigenvalue weighted by molar-refractivity contribution is 0.303. The highest BCUT2D eigenvalue weighted by Crippen LogP contribution is 2.26. The normalized spacial score (nSPS) is 11.1. The summed E-state index contributed by atoms with van der Waals surface area (Å²) in [4.78, 5) is 0. The summed E-state index contributed by atoms with van der Waals surface area (Å²) in [6, 6.07) is 8.01. The number of hydrogen-bond acceptors (Lipinski definition) is 2. The molecule has 0 fully saturated rings. The zero-order chi connectivity index (χ0) is 14.8. The van der Waals surface area contributed by atoms with E-state index in [4.69, 9.17) is 9.15 Å². The van der Waals surface area contributed by atoms with Gasteiger partial charge in [0.15, 0.2) is 11.3 Å². The Labute approximate surface area is 136 Å². The first-order chi connectivity index (χ1) is 10.4. The summed E-state index contributed by atoms with van der Waals surface area (Å²) in [5.41, 5.74) is 0.865. The van der Waals surface area contributed by atoms with Gasteiger partial charge in [0, 0.05) is 10.7 Å². The second-order valence-electron chi connectivity index (χ2n) is 5.46. The lowest BCUT2D eigenvalue weighted by Crippen LogP contribution is -1.97. The first-order valence-corrected chi connectivity index (χ1v) is 9.19. The van der Waals surface area contributed by atoms with E-state index in [2.05, 4.69) is 15.9 Å². The lowest BCUT2D eigenvalue weighted by Gasteiger charge is -2.06. The van der Waals surface area contributed by atoms with E-state index in [1.807, 2.05) is 24.3 Å². The number of ether oxygens (including phenoxy) is 1. The van der Waals surface area contributed by atoms with E-state index in [1.165, 1.54) is 44.9 Å². The number of furan rings is 1. The zero-order valence-electron chi connectivity index (χ0n) is 12.7. The van der Waals surface area contributed by atoms with E-state index in [0.29, 0.717) is 0 Å². The molecule has 0 radical (unpaired) electrons. The summed E-state index contributed by atoms with van der Waals surface area (Å²) >= 11 is 3.47. The number of rotatable bonds is 11. The molecule has 1 aromatic heterocycles. The van der Waals surface area contributed by atoms with Crippen molar-refractivity contribution in [1.82, 2.24) is 0 Å². The Hall–Kier alpha value is -0.960. The lowest BCUT2D eigenvalue weighted by atomic mass is 10.1. The van der Waals surface area contributed by atoms with Crippen LogP contribution in [0.2, 0.25) is 0 Å². The molecular weight excluding hydrogens is 328 g/mol. The second kappa shape index (κ2) is 9.88. The number of fused-ring (bicyclic) bond motifs is 1. The van der Waals surface area contributed by atoms with Gasteiger partial charge in [0.05, 0.1) is 12.9 Å². The molecule has 0 saturated heterocycles. The van der Waals surface area contributed by atoms with Gasteiger partial charge in [0.1, 0.15) is 0 Å². The van der Waals surface area contributed by atoms with Gasteiger partial charge in [-0.15, -0.1) is 0 Å². The maximum Gasteiger partial charge on any atom is 0.175 e. The van der Waals surface area contributed by atoms with Gasteiger partial charge in [-0.1, -0.05) is 66.6 Å². The molecule has 0 unspecified atom stereocenters. The Bertz CT molecular complexity index is 507. The predicted molar refractivity (Wildman–Crippen MR) is 92.4 cm³/mol. The number of benzene rings is 1. The fraction of sp³-hybridized carbons (Fsp3) is 0.556. The molecule has 0 aliphatic carbocycles. The van der Waals surface area contributed by atoms with Crippen molar-refractivity contribution in [2.24, 2.45) is 0 Å². The Morgan fingerprint density at radius 1 is 0.857 bits per heavy atom. The molecule has 0 bridgehead atoms. The first kappa shape index (κ1) is 16.4. The molecule has 0 N–H and O–H groups in total. The SMILES string of the molecule is BrCCCCCCCCCCOc1cccc2ccoc12. The van der Waals surface area contributed by atoms with Gasteiger partial charge < -0.3 is 9.15 Å². The van der Waals surface area contributed by atoms with Gasteiger partial charge in [-0.3, -0.25) is 0 Å². The monoisotopic (exact) mass is 352 g/mol. The summed E-state index contributed by atoms with van der Waals surface area (Å²) < 4.78 is 11.3. The summed E-state index contributed by atoms with van der Waals surface area (Å²) in [5.74, 6) is 0.868. The molecular formula is C18H25BrO2. The standard InChI is InChI=1S/C18H25BrO2/c19-13-7-5-3-1-2-4-6-8-14-20-17-11-9-10-16-12-15-21-18(16)17/h9-12,15H,1-8,13-14H2. The molecule has 0 aliphatic heterocycles. The summed E-state index contributed by atoms with van der Waals surface area (Å²) in [5, 5.41) is 2.25. The molecule has 0 amide bonds. The number of halogens is 1. The van der Waals surface area contributed by atoms with E-state index < -0.39 is 0 Å². The Morgan fingerprint density at radius 3 is 2.33 bits per heavy atom. The minimum atomic E-state index is 0.781. The van der Waals surface area contributed by atoms with Crippen molar-refractivity contribution in [2.75, 3.05) is 11.9 Å². The maximum atomic E-state index is 5.84. The first-order valence-electron chi connectivity index (χ1n) is 8.07. The van der Waals surface area contributed by atoms with E-state index in [9.17, 15) is 0 Å². The van der Waals surface area contributed by atoms with Crippen LogP contribution in [0.1, 0.15) is 51.4 Å². The van der Waals surface area contributed by atoms with Crippen LogP contribution in [0.5, 0.6) is 5.75 Å². The molecule has 0 aliphatic rings. The third-order valence-electron chi connectivity index (χ3n) is 3.73. The van der Waals surface area contributed by atoms with Crippen LogP contribution in [-0.4, -0.2) is 11.9 Å². The van der Waals surface area contributed by atoms with Gasteiger partial charge >= 0.3 is 0 Å². The number of alkyl halides is 1. The molecule has 0 atom stereocenters. The molecule has 1 heterocycles. The molecule has 2 aromatic rings. The van der Waals surface area contributed by atoms with E-state index in [-0.39, 0.29) is 0 Å². The zero-order valence-corrected chi connectivity index (χ0v) is 14.2. The molecule has 116 valence electrons. The topological polar surface area (TPSA) is 22.4 Å². The van der Waals surface area contributed by atoms with Crippen molar-refractivity contribution >= 4 is 26.9 Å². The average molecular weight is 353 g/mol. The highest BCUT2D eigenvalue weighted by Gasteiger charge is 2.04. The van der Waals surface area contributed by atoms with Crippen molar-refractivity contribution in [3.05, 3.63) is 30.5 Å². The largest absolute Gasteiger partial charge is 0.490 e. The maximum absolute atomic E-state index is 5.84.